The lowest BCUT2D eigenvalue weighted by atomic mass is 9.87. The first-order chi connectivity index (χ1) is 9.25. The molecule has 0 saturated carbocycles. The Hall–Kier alpha value is -1.88. The predicted octanol–water partition coefficient (Wildman–Crippen LogP) is 1.75. The van der Waals surface area contributed by atoms with E-state index in [0.29, 0.717) is 17.8 Å². The molecule has 0 aromatic heterocycles. The molecule has 2 amide bonds. The molecule has 1 aromatic carbocycles. The van der Waals surface area contributed by atoms with Crippen LogP contribution in [0.3, 0.4) is 0 Å². The molecule has 5 heteroatoms. The molecule has 0 aliphatic heterocycles. The van der Waals surface area contributed by atoms with Crippen molar-refractivity contribution in [1.82, 2.24) is 5.32 Å². The lowest BCUT2D eigenvalue weighted by Crippen LogP contribution is -2.45. The number of hydrogen-bond donors (Lipinski definition) is 3. The third kappa shape index (κ3) is 4.35. The van der Waals surface area contributed by atoms with E-state index in [1.54, 1.807) is 24.3 Å². The van der Waals surface area contributed by atoms with E-state index < -0.39 is 6.04 Å². The fourth-order valence-electron chi connectivity index (χ4n) is 1.61. The van der Waals surface area contributed by atoms with Gasteiger partial charge in [-0.05, 0) is 30.5 Å². The zero-order valence-electron chi connectivity index (χ0n) is 12.5. The van der Waals surface area contributed by atoms with Crippen LogP contribution in [0.2, 0.25) is 0 Å². The number of benzene rings is 1. The number of hydrogen-bond acceptors (Lipinski definition) is 3. The molecule has 4 N–H and O–H groups in total. The zero-order valence-corrected chi connectivity index (χ0v) is 12.5. The van der Waals surface area contributed by atoms with E-state index in [9.17, 15) is 9.59 Å². The van der Waals surface area contributed by atoms with Crippen molar-refractivity contribution in [3.05, 3.63) is 29.8 Å². The molecule has 110 valence electrons. The monoisotopic (exact) mass is 277 g/mol. The molecule has 0 heterocycles. The Morgan fingerprint density at radius 3 is 2.50 bits per heavy atom. The van der Waals surface area contributed by atoms with Crippen molar-refractivity contribution in [1.29, 1.82) is 0 Å². The third-order valence-corrected chi connectivity index (χ3v) is 2.95. The Kier molecular flexibility index (Phi) is 5.27. The van der Waals surface area contributed by atoms with Gasteiger partial charge in [-0.15, -0.1) is 0 Å². The van der Waals surface area contributed by atoms with Gasteiger partial charge in [-0.3, -0.25) is 9.59 Å². The maximum Gasteiger partial charge on any atom is 0.251 e. The Morgan fingerprint density at radius 2 is 1.95 bits per heavy atom. The number of nitrogens with two attached hydrogens (primary N) is 1. The Labute approximate surface area is 119 Å². The normalized spacial score (nSPS) is 12.7. The van der Waals surface area contributed by atoms with Crippen molar-refractivity contribution < 1.29 is 9.59 Å². The highest BCUT2D eigenvalue weighted by atomic mass is 16.2. The molecular formula is C15H23N3O2. The predicted molar refractivity (Wildman–Crippen MR) is 80.5 cm³/mol. The van der Waals surface area contributed by atoms with E-state index >= 15 is 0 Å². The summed E-state index contributed by atoms with van der Waals surface area (Å²) in [5.41, 5.74) is 6.65. The first kappa shape index (κ1) is 16.2. The highest BCUT2D eigenvalue weighted by molar-refractivity contribution is 5.98. The summed E-state index contributed by atoms with van der Waals surface area (Å²) < 4.78 is 0. The number of nitrogens with one attached hydrogen (secondary N) is 2. The van der Waals surface area contributed by atoms with Gasteiger partial charge in [-0.1, -0.05) is 26.8 Å². The summed E-state index contributed by atoms with van der Waals surface area (Å²) in [5, 5.41) is 5.45. The minimum Gasteiger partial charge on any atom is -0.352 e. The Morgan fingerprint density at radius 1 is 1.30 bits per heavy atom. The highest BCUT2D eigenvalue weighted by Gasteiger charge is 2.27. The number of amides is 2. The van der Waals surface area contributed by atoms with Crippen LogP contribution in [-0.4, -0.2) is 24.4 Å². The lowest BCUT2D eigenvalue weighted by molar-refractivity contribution is -0.119. The molecule has 0 saturated heterocycles. The maximum absolute atomic E-state index is 12.0. The molecule has 5 nitrogen and oxygen atoms in total. The smallest absolute Gasteiger partial charge is 0.251 e. The van der Waals surface area contributed by atoms with Crippen molar-refractivity contribution >= 4 is 17.5 Å². The van der Waals surface area contributed by atoms with Crippen molar-refractivity contribution in [3.8, 4) is 0 Å². The SMILES string of the molecule is CCNC(=O)c1cccc(NC(=O)[C@@H](N)C(C)(C)C)c1. The van der Waals surface area contributed by atoms with Crippen LogP contribution in [-0.2, 0) is 4.79 Å². The van der Waals surface area contributed by atoms with Crippen LogP contribution < -0.4 is 16.4 Å². The van der Waals surface area contributed by atoms with Crippen molar-refractivity contribution in [2.24, 2.45) is 11.1 Å². The summed E-state index contributed by atoms with van der Waals surface area (Å²) in [6.07, 6.45) is 0. The zero-order chi connectivity index (χ0) is 15.3. The average Bonchev–Trinajstić information content (AvgIpc) is 2.37. The third-order valence-electron chi connectivity index (χ3n) is 2.95. The van der Waals surface area contributed by atoms with Gasteiger partial charge in [0, 0.05) is 17.8 Å². The van der Waals surface area contributed by atoms with Crippen molar-refractivity contribution in [2.75, 3.05) is 11.9 Å². The fourth-order valence-corrected chi connectivity index (χ4v) is 1.61. The van der Waals surface area contributed by atoms with Crippen LogP contribution in [0.25, 0.3) is 0 Å². The summed E-state index contributed by atoms with van der Waals surface area (Å²) in [6.45, 7) is 8.13. The van der Waals surface area contributed by atoms with Crippen LogP contribution in [0.4, 0.5) is 5.69 Å². The van der Waals surface area contributed by atoms with E-state index in [2.05, 4.69) is 10.6 Å². The van der Waals surface area contributed by atoms with Crippen LogP contribution >= 0.6 is 0 Å². The van der Waals surface area contributed by atoms with Crippen molar-refractivity contribution in [2.45, 2.75) is 33.7 Å². The van der Waals surface area contributed by atoms with E-state index in [1.165, 1.54) is 0 Å². The molecular weight excluding hydrogens is 254 g/mol. The second-order valence-corrected chi connectivity index (χ2v) is 5.77. The minimum absolute atomic E-state index is 0.163. The van der Waals surface area contributed by atoms with Crippen molar-refractivity contribution in [3.63, 3.8) is 0 Å². The van der Waals surface area contributed by atoms with Gasteiger partial charge in [0.25, 0.3) is 5.91 Å². The summed E-state index contributed by atoms with van der Waals surface area (Å²) in [7, 11) is 0. The summed E-state index contributed by atoms with van der Waals surface area (Å²) in [4.78, 5) is 23.8. The molecule has 0 radical (unpaired) electrons. The number of carbonyl (C=O) groups excluding carboxylic acids is 2. The molecule has 0 aliphatic carbocycles. The fraction of sp³-hybridized carbons (Fsp3) is 0.467. The van der Waals surface area contributed by atoms with Gasteiger partial charge in [0.2, 0.25) is 5.91 Å². The second-order valence-electron chi connectivity index (χ2n) is 5.77. The van der Waals surface area contributed by atoms with Gasteiger partial charge in [-0.25, -0.2) is 0 Å². The lowest BCUT2D eigenvalue weighted by Gasteiger charge is -2.25. The Bertz CT molecular complexity index is 492. The number of rotatable bonds is 4. The van der Waals surface area contributed by atoms with E-state index in [-0.39, 0.29) is 17.2 Å². The number of carbonyl (C=O) groups is 2. The van der Waals surface area contributed by atoms with Crippen LogP contribution in [0.1, 0.15) is 38.1 Å². The molecule has 0 aliphatic rings. The van der Waals surface area contributed by atoms with Crippen LogP contribution in [0.15, 0.2) is 24.3 Å². The second kappa shape index (κ2) is 6.52. The first-order valence-corrected chi connectivity index (χ1v) is 6.70. The summed E-state index contributed by atoms with van der Waals surface area (Å²) in [6, 6.07) is 6.18. The molecule has 1 aromatic rings. The number of anilines is 1. The van der Waals surface area contributed by atoms with Gasteiger partial charge >= 0.3 is 0 Å². The summed E-state index contributed by atoms with van der Waals surface area (Å²) >= 11 is 0. The van der Waals surface area contributed by atoms with Gasteiger partial charge in [0.05, 0.1) is 6.04 Å². The molecule has 1 atom stereocenters. The van der Waals surface area contributed by atoms with Crippen LogP contribution in [0.5, 0.6) is 0 Å². The summed E-state index contributed by atoms with van der Waals surface area (Å²) in [5.74, 6) is -0.422. The molecule has 20 heavy (non-hydrogen) atoms. The quantitative estimate of drug-likeness (QED) is 0.784. The highest BCUT2D eigenvalue weighted by Crippen LogP contribution is 2.19. The minimum atomic E-state index is -0.615. The molecule has 0 fully saturated rings. The Balaban J connectivity index is 2.81. The van der Waals surface area contributed by atoms with Gasteiger partial charge in [0.15, 0.2) is 0 Å². The standard InChI is InChI=1S/C15H23N3O2/c1-5-17-13(19)10-7-6-8-11(9-10)18-14(20)12(16)15(2,3)4/h6-9,12H,5,16H2,1-4H3,(H,17,19)(H,18,20)/t12-/m1/s1. The van der Waals surface area contributed by atoms with Gasteiger partial charge in [-0.2, -0.15) is 0 Å². The topological polar surface area (TPSA) is 84.2 Å². The van der Waals surface area contributed by atoms with E-state index in [1.807, 2.05) is 27.7 Å². The maximum atomic E-state index is 12.0. The molecule has 0 spiro atoms. The molecule has 1 rings (SSSR count). The first-order valence-electron chi connectivity index (χ1n) is 6.70. The van der Waals surface area contributed by atoms with Crippen LogP contribution in [0, 0.1) is 5.41 Å². The van der Waals surface area contributed by atoms with Gasteiger partial charge < -0.3 is 16.4 Å². The molecule has 0 bridgehead atoms. The van der Waals surface area contributed by atoms with Gasteiger partial charge in [0.1, 0.15) is 0 Å². The average molecular weight is 277 g/mol. The van der Waals surface area contributed by atoms with E-state index in [4.69, 9.17) is 5.73 Å². The largest absolute Gasteiger partial charge is 0.352 e. The van der Waals surface area contributed by atoms with E-state index in [0.717, 1.165) is 0 Å². The molecule has 0 unspecified atom stereocenters.